The molecule has 2 fully saturated rings. The van der Waals surface area contributed by atoms with Crippen LogP contribution in [0, 0.1) is 0 Å². The summed E-state index contributed by atoms with van der Waals surface area (Å²) in [6.07, 6.45) is 2.28. The monoisotopic (exact) mass is 437 g/mol. The molecule has 9 nitrogen and oxygen atoms in total. The van der Waals surface area contributed by atoms with Crippen molar-refractivity contribution in [2.24, 2.45) is 0 Å². The molecule has 3 heterocycles. The van der Waals surface area contributed by atoms with Gasteiger partial charge >= 0.3 is 6.03 Å². The number of methoxy groups -OCH3 is 1. The fourth-order valence-corrected chi connectivity index (χ4v) is 3.99. The number of carbonyl (C=O) groups is 3. The number of benzene rings is 1. The number of nitrogens with zero attached hydrogens (tertiary/aromatic N) is 4. The highest BCUT2D eigenvalue weighted by molar-refractivity contribution is 6.04. The molecule has 1 atom stereocenters. The van der Waals surface area contributed by atoms with Crippen molar-refractivity contribution in [1.29, 1.82) is 0 Å². The third kappa shape index (κ3) is 4.82. The van der Waals surface area contributed by atoms with Crippen molar-refractivity contribution in [3.63, 3.8) is 0 Å². The highest BCUT2D eigenvalue weighted by atomic mass is 16.5. The number of nitrogens with one attached hydrogen (secondary N) is 1. The molecule has 2 aliphatic heterocycles. The number of carbonyl (C=O) groups excluding carboxylic acids is 3. The Balaban J connectivity index is 1.25. The number of hydrogen-bond donors (Lipinski definition) is 1. The second kappa shape index (κ2) is 9.67. The lowest BCUT2D eigenvalue weighted by Crippen LogP contribution is -2.49. The van der Waals surface area contributed by atoms with Crippen molar-refractivity contribution in [3.05, 3.63) is 54.2 Å². The van der Waals surface area contributed by atoms with Gasteiger partial charge < -0.3 is 19.9 Å². The van der Waals surface area contributed by atoms with Crippen molar-refractivity contribution in [2.75, 3.05) is 38.2 Å². The summed E-state index contributed by atoms with van der Waals surface area (Å²) in [5, 5.41) is 2.71. The number of urea groups is 1. The van der Waals surface area contributed by atoms with E-state index in [1.54, 1.807) is 25.4 Å². The highest BCUT2D eigenvalue weighted by Gasteiger charge is 2.38. The molecule has 0 spiro atoms. The summed E-state index contributed by atoms with van der Waals surface area (Å²) in [6.45, 7) is 2.86. The van der Waals surface area contributed by atoms with Crippen molar-refractivity contribution in [3.8, 4) is 5.75 Å². The van der Waals surface area contributed by atoms with E-state index in [4.69, 9.17) is 4.74 Å². The van der Waals surface area contributed by atoms with Crippen molar-refractivity contribution >= 4 is 23.7 Å². The first-order chi connectivity index (χ1) is 15.5. The fourth-order valence-electron chi connectivity index (χ4n) is 3.99. The molecule has 9 heteroatoms. The van der Waals surface area contributed by atoms with Crippen molar-refractivity contribution in [1.82, 2.24) is 20.1 Å². The molecule has 1 aromatic carbocycles. The van der Waals surface area contributed by atoms with E-state index in [-0.39, 0.29) is 24.8 Å². The summed E-state index contributed by atoms with van der Waals surface area (Å²) in [5.74, 6) is 1.33. The average molecular weight is 438 g/mol. The second-order valence-electron chi connectivity index (χ2n) is 7.87. The van der Waals surface area contributed by atoms with E-state index >= 15 is 0 Å². The fraction of sp³-hybridized carbons (Fsp3) is 0.391. The Morgan fingerprint density at radius 3 is 2.50 bits per heavy atom. The van der Waals surface area contributed by atoms with Gasteiger partial charge in [0.15, 0.2) is 0 Å². The zero-order chi connectivity index (χ0) is 22.5. The van der Waals surface area contributed by atoms with Crippen LogP contribution in [0.5, 0.6) is 5.75 Å². The zero-order valence-electron chi connectivity index (χ0n) is 18.1. The molecular formula is C23H27N5O4. The Hall–Kier alpha value is -3.62. The van der Waals surface area contributed by atoms with Crippen LogP contribution in [0.4, 0.5) is 10.6 Å². The number of pyridine rings is 1. The van der Waals surface area contributed by atoms with Crippen LogP contribution in [0.15, 0.2) is 48.7 Å². The third-order valence-electron chi connectivity index (χ3n) is 5.86. The molecule has 0 unspecified atom stereocenters. The molecule has 2 aliphatic rings. The van der Waals surface area contributed by atoms with E-state index < -0.39 is 12.1 Å². The SMILES string of the molecule is COc1ccc(CN2C(=O)N[C@H](CCC(=O)N3CCN(c4ccccn4)CC3)C2=O)cc1. The van der Waals surface area contributed by atoms with E-state index in [1.165, 1.54) is 4.90 Å². The van der Waals surface area contributed by atoms with E-state index in [9.17, 15) is 14.4 Å². The third-order valence-corrected chi connectivity index (χ3v) is 5.86. The van der Waals surface area contributed by atoms with Gasteiger partial charge in [0.25, 0.3) is 5.91 Å². The lowest BCUT2D eigenvalue weighted by Gasteiger charge is -2.35. The molecule has 4 rings (SSSR count). The first kappa shape index (κ1) is 21.6. The maximum absolute atomic E-state index is 12.7. The Kier molecular flexibility index (Phi) is 6.53. The molecule has 1 aromatic heterocycles. The smallest absolute Gasteiger partial charge is 0.325 e. The van der Waals surface area contributed by atoms with Crippen LogP contribution in [0.25, 0.3) is 0 Å². The van der Waals surface area contributed by atoms with Gasteiger partial charge in [-0.1, -0.05) is 18.2 Å². The second-order valence-corrected chi connectivity index (χ2v) is 7.87. The van der Waals surface area contributed by atoms with E-state index in [0.29, 0.717) is 25.3 Å². The number of anilines is 1. The number of piperazine rings is 1. The quantitative estimate of drug-likeness (QED) is 0.662. The highest BCUT2D eigenvalue weighted by Crippen LogP contribution is 2.19. The molecular weight excluding hydrogens is 410 g/mol. The molecule has 2 aromatic rings. The summed E-state index contributed by atoms with van der Waals surface area (Å²) in [4.78, 5) is 47.2. The summed E-state index contributed by atoms with van der Waals surface area (Å²) < 4.78 is 5.13. The summed E-state index contributed by atoms with van der Waals surface area (Å²) in [7, 11) is 1.58. The number of aromatic nitrogens is 1. The number of imide groups is 1. The number of amides is 4. The van der Waals surface area contributed by atoms with Gasteiger partial charge in [-0.2, -0.15) is 0 Å². The molecule has 168 valence electrons. The van der Waals surface area contributed by atoms with Gasteiger partial charge in [-0.15, -0.1) is 0 Å². The van der Waals surface area contributed by atoms with E-state index in [2.05, 4.69) is 15.2 Å². The van der Waals surface area contributed by atoms with Crippen molar-refractivity contribution < 1.29 is 19.1 Å². The van der Waals surface area contributed by atoms with Crippen LogP contribution in [0.2, 0.25) is 0 Å². The largest absolute Gasteiger partial charge is 0.497 e. The normalized spacial score (nSPS) is 18.7. The van der Waals surface area contributed by atoms with Gasteiger partial charge in [0.05, 0.1) is 13.7 Å². The molecule has 32 heavy (non-hydrogen) atoms. The van der Waals surface area contributed by atoms with E-state index in [0.717, 1.165) is 24.5 Å². The van der Waals surface area contributed by atoms with Gasteiger partial charge in [-0.3, -0.25) is 14.5 Å². The minimum absolute atomic E-state index is 0.00123. The molecule has 1 N–H and O–H groups in total. The Morgan fingerprint density at radius 1 is 1.09 bits per heavy atom. The minimum atomic E-state index is -0.667. The predicted octanol–water partition coefficient (Wildman–Crippen LogP) is 1.64. The van der Waals surface area contributed by atoms with Crippen LogP contribution in [0.3, 0.4) is 0 Å². The maximum Gasteiger partial charge on any atom is 0.325 e. The minimum Gasteiger partial charge on any atom is -0.497 e. The van der Waals surface area contributed by atoms with Crippen LogP contribution in [-0.2, 0) is 16.1 Å². The lowest BCUT2D eigenvalue weighted by molar-refractivity contribution is -0.132. The first-order valence-electron chi connectivity index (χ1n) is 10.7. The van der Waals surface area contributed by atoms with Gasteiger partial charge in [-0.25, -0.2) is 9.78 Å². The van der Waals surface area contributed by atoms with Gasteiger partial charge in [0.2, 0.25) is 5.91 Å². The Bertz CT molecular complexity index is 958. The summed E-state index contributed by atoms with van der Waals surface area (Å²) in [6, 6.07) is 11.9. The van der Waals surface area contributed by atoms with Crippen molar-refractivity contribution in [2.45, 2.75) is 25.4 Å². The zero-order valence-corrected chi connectivity index (χ0v) is 18.1. The average Bonchev–Trinajstić information content (AvgIpc) is 3.11. The maximum atomic E-state index is 12.7. The molecule has 4 amide bonds. The van der Waals surface area contributed by atoms with Gasteiger partial charge in [0, 0.05) is 38.8 Å². The Morgan fingerprint density at radius 2 is 1.84 bits per heavy atom. The predicted molar refractivity (Wildman–Crippen MR) is 118 cm³/mol. The molecule has 0 saturated carbocycles. The number of ether oxygens (including phenoxy) is 1. The standard InChI is InChI=1S/C23H27N5O4/c1-32-18-7-5-17(6-8-18)16-28-22(30)19(25-23(28)31)9-10-21(29)27-14-12-26(13-15-27)20-4-2-3-11-24-20/h2-8,11,19H,9-10,12-16H2,1H3,(H,25,31)/t19-/m1/s1. The molecule has 0 bridgehead atoms. The number of hydrogen-bond acceptors (Lipinski definition) is 6. The lowest BCUT2D eigenvalue weighted by atomic mass is 10.1. The van der Waals surface area contributed by atoms with Crippen LogP contribution in [-0.4, -0.2) is 72.0 Å². The number of rotatable bonds is 7. The summed E-state index contributed by atoms with van der Waals surface area (Å²) >= 11 is 0. The van der Waals surface area contributed by atoms with Crippen LogP contribution < -0.4 is 15.0 Å². The molecule has 2 saturated heterocycles. The van der Waals surface area contributed by atoms with Gasteiger partial charge in [0.1, 0.15) is 17.6 Å². The summed E-state index contributed by atoms with van der Waals surface area (Å²) in [5.41, 5.74) is 0.830. The molecule has 0 radical (unpaired) electrons. The Labute approximate surface area is 187 Å². The molecule has 0 aliphatic carbocycles. The van der Waals surface area contributed by atoms with Gasteiger partial charge in [-0.05, 0) is 36.2 Å². The first-order valence-corrected chi connectivity index (χ1v) is 10.7. The van der Waals surface area contributed by atoms with Crippen LogP contribution >= 0.6 is 0 Å². The topological polar surface area (TPSA) is 95.1 Å². The van der Waals surface area contributed by atoms with E-state index in [1.807, 2.05) is 35.2 Å². The van der Waals surface area contributed by atoms with Crippen LogP contribution in [0.1, 0.15) is 18.4 Å².